The van der Waals surface area contributed by atoms with Crippen LogP contribution in [-0.4, -0.2) is 4.98 Å². The standard InChI is InChI=1S/C14H17N3/c1-10-5-7-12(8-6-10)14(17-15)13-11(2)4-3-9-16-13/h3-9,14,17H,15H2,1-2H3. The molecule has 0 radical (unpaired) electrons. The molecule has 17 heavy (non-hydrogen) atoms. The van der Waals surface area contributed by atoms with E-state index in [2.05, 4.69) is 41.6 Å². The van der Waals surface area contributed by atoms with Crippen molar-refractivity contribution in [1.29, 1.82) is 0 Å². The Kier molecular flexibility index (Phi) is 3.52. The number of nitrogens with zero attached hydrogens (tertiary/aromatic N) is 1. The van der Waals surface area contributed by atoms with Crippen molar-refractivity contribution in [2.75, 3.05) is 0 Å². The van der Waals surface area contributed by atoms with Gasteiger partial charge in [-0.05, 0) is 31.0 Å². The van der Waals surface area contributed by atoms with Gasteiger partial charge < -0.3 is 0 Å². The molecule has 3 nitrogen and oxygen atoms in total. The summed E-state index contributed by atoms with van der Waals surface area (Å²) >= 11 is 0. The van der Waals surface area contributed by atoms with Gasteiger partial charge in [-0.2, -0.15) is 0 Å². The minimum absolute atomic E-state index is 0.0585. The van der Waals surface area contributed by atoms with Gasteiger partial charge in [-0.25, -0.2) is 5.43 Å². The lowest BCUT2D eigenvalue weighted by Gasteiger charge is -2.17. The number of hydrogen-bond acceptors (Lipinski definition) is 3. The van der Waals surface area contributed by atoms with E-state index in [0.29, 0.717) is 0 Å². The van der Waals surface area contributed by atoms with Crippen LogP contribution >= 0.6 is 0 Å². The van der Waals surface area contributed by atoms with E-state index < -0.39 is 0 Å². The first kappa shape index (κ1) is 11.8. The van der Waals surface area contributed by atoms with Crippen molar-refractivity contribution in [1.82, 2.24) is 10.4 Å². The van der Waals surface area contributed by atoms with Crippen molar-refractivity contribution in [3.63, 3.8) is 0 Å². The van der Waals surface area contributed by atoms with Gasteiger partial charge in [0.15, 0.2) is 0 Å². The predicted octanol–water partition coefficient (Wildman–Crippen LogP) is 2.25. The minimum atomic E-state index is -0.0585. The molecule has 1 aromatic carbocycles. The summed E-state index contributed by atoms with van der Waals surface area (Å²) in [5.41, 5.74) is 7.30. The molecule has 0 aliphatic carbocycles. The minimum Gasteiger partial charge on any atom is -0.271 e. The molecular weight excluding hydrogens is 210 g/mol. The molecule has 0 aliphatic heterocycles. The van der Waals surface area contributed by atoms with Crippen LogP contribution in [-0.2, 0) is 0 Å². The van der Waals surface area contributed by atoms with Crippen molar-refractivity contribution in [2.45, 2.75) is 19.9 Å². The van der Waals surface area contributed by atoms with Crippen LogP contribution in [0.25, 0.3) is 0 Å². The molecule has 3 N–H and O–H groups in total. The van der Waals surface area contributed by atoms with Crippen LogP contribution in [0, 0.1) is 13.8 Å². The molecule has 1 unspecified atom stereocenters. The van der Waals surface area contributed by atoms with Crippen molar-refractivity contribution < 1.29 is 0 Å². The largest absolute Gasteiger partial charge is 0.271 e. The molecule has 0 spiro atoms. The van der Waals surface area contributed by atoms with Gasteiger partial charge in [-0.15, -0.1) is 0 Å². The fourth-order valence-corrected chi connectivity index (χ4v) is 1.89. The fraction of sp³-hybridized carbons (Fsp3) is 0.214. The van der Waals surface area contributed by atoms with Gasteiger partial charge in [0, 0.05) is 6.20 Å². The number of nitrogens with one attached hydrogen (secondary N) is 1. The van der Waals surface area contributed by atoms with Crippen molar-refractivity contribution in [3.8, 4) is 0 Å². The highest BCUT2D eigenvalue weighted by Crippen LogP contribution is 2.22. The van der Waals surface area contributed by atoms with Crippen LogP contribution in [0.1, 0.15) is 28.4 Å². The second kappa shape index (κ2) is 5.08. The number of benzene rings is 1. The Balaban J connectivity index is 2.40. The third-order valence-corrected chi connectivity index (χ3v) is 2.90. The first-order valence-corrected chi connectivity index (χ1v) is 5.66. The van der Waals surface area contributed by atoms with Crippen LogP contribution in [0.2, 0.25) is 0 Å². The Morgan fingerprint density at radius 2 is 1.82 bits per heavy atom. The van der Waals surface area contributed by atoms with Crippen molar-refractivity contribution >= 4 is 0 Å². The lowest BCUT2D eigenvalue weighted by atomic mass is 10.00. The number of pyridine rings is 1. The van der Waals surface area contributed by atoms with Gasteiger partial charge in [-0.3, -0.25) is 10.8 Å². The van der Waals surface area contributed by atoms with Crippen LogP contribution in [0.3, 0.4) is 0 Å². The van der Waals surface area contributed by atoms with Gasteiger partial charge in [0.2, 0.25) is 0 Å². The van der Waals surface area contributed by atoms with E-state index >= 15 is 0 Å². The van der Waals surface area contributed by atoms with Crippen molar-refractivity contribution in [3.05, 3.63) is 65.0 Å². The Labute approximate surface area is 102 Å². The SMILES string of the molecule is Cc1ccc(C(NN)c2ncccc2C)cc1. The van der Waals surface area contributed by atoms with E-state index in [9.17, 15) is 0 Å². The average Bonchev–Trinajstić information content (AvgIpc) is 2.35. The Hall–Kier alpha value is -1.71. The highest BCUT2D eigenvalue weighted by molar-refractivity contribution is 5.33. The van der Waals surface area contributed by atoms with E-state index in [-0.39, 0.29) is 6.04 Å². The normalized spacial score (nSPS) is 12.4. The van der Waals surface area contributed by atoms with Gasteiger partial charge in [0.1, 0.15) is 0 Å². The Morgan fingerprint density at radius 1 is 1.12 bits per heavy atom. The average molecular weight is 227 g/mol. The molecule has 0 saturated carbocycles. The molecule has 2 rings (SSSR count). The molecule has 1 heterocycles. The van der Waals surface area contributed by atoms with Gasteiger partial charge in [0.25, 0.3) is 0 Å². The summed E-state index contributed by atoms with van der Waals surface area (Å²) in [7, 11) is 0. The second-order valence-corrected chi connectivity index (χ2v) is 4.22. The first-order valence-electron chi connectivity index (χ1n) is 5.66. The number of hydrazine groups is 1. The molecule has 3 heteroatoms. The highest BCUT2D eigenvalue weighted by atomic mass is 15.2. The van der Waals surface area contributed by atoms with Crippen molar-refractivity contribution in [2.24, 2.45) is 5.84 Å². The van der Waals surface area contributed by atoms with Crippen LogP contribution in [0.4, 0.5) is 0 Å². The van der Waals surface area contributed by atoms with E-state index in [1.807, 2.05) is 19.1 Å². The van der Waals surface area contributed by atoms with Crippen LogP contribution < -0.4 is 11.3 Å². The maximum atomic E-state index is 5.65. The predicted molar refractivity (Wildman–Crippen MR) is 69.3 cm³/mol. The number of aryl methyl sites for hydroxylation is 2. The molecule has 2 aromatic rings. The quantitative estimate of drug-likeness (QED) is 0.624. The van der Waals surface area contributed by atoms with E-state index in [1.54, 1.807) is 6.20 Å². The monoisotopic (exact) mass is 227 g/mol. The zero-order valence-corrected chi connectivity index (χ0v) is 10.1. The molecule has 0 aliphatic rings. The second-order valence-electron chi connectivity index (χ2n) is 4.22. The highest BCUT2D eigenvalue weighted by Gasteiger charge is 2.15. The van der Waals surface area contributed by atoms with Gasteiger partial charge >= 0.3 is 0 Å². The molecule has 0 bridgehead atoms. The molecule has 0 saturated heterocycles. The summed E-state index contributed by atoms with van der Waals surface area (Å²) < 4.78 is 0. The molecular formula is C14H17N3. The molecule has 88 valence electrons. The maximum absolute atomic E-state index is 5.65. The van der Waals surface area contributed by atoms with Crippen LogP contribution in [0.5, 0.6) is 0 Å². The summed E-state index contributed by atoms with van der Waals surface area (Å²) in [6.45, 7) is 4.11. The zero-order chi connectivity index (χ0) is 12.3. The van der Waals surface area contributed by atoms with E-state index in [0.717, 1.165) is 16.8 Å². The fourth-order valence-electron chi connectivity index (χ4n) is 1.89. The number of aromatic nitrogens is 1. The lowest BCUT2D eigenvalue weighted by Crippen LogP contribution is -2.30. The zero-order valence-electron chi connectivity index (χ0n) is 10.1. The lowest BCUT2D eigenvalue weighted by molar-refractivity contribution is 0.617. The number of hydrogen-bond donors (Lipinski definition) is 2. The summed E-state index contributed by atoms with van der Waals surface area (Å²) in [4.78, 5) is 4.41. The third-order valence-electron chi connectivity index (χ3n) is 2.90. The van der Waals surface area contributed by atoms with Gasteiger partial charge in [-0.1, -0.05) is 35.9 Å². The molecule has 1 aromatic heterocycles. The summed E-state index contributed by atoms with van der Waals surface area (Å²) in [6.07, 6.45) is 1.79. The summed E-state index contributed by atoms with van der Waals surface area (Å²) in [5, 5.41) is 0. The van der Waals surface area contributed by atoms with Crippen LogP contribution in [0.15, 0.2) is 42.6 Å². The Morgan fingerprint density at radius 3 is 2.41 bits per heavy atom. The molecule has 0 fully saturated rings. The third kappa shape index (κ3) is 2.52. The first-order chi connectivity index (χ1) is 8.22. The number of rotatable bonds is 3. The molecule has 1 atom stereocenters. The smallest absolute Gasteiger partial charge is 0.0884 e. The number of nitrogens with two attached hydrogens (primary N) is 1. The molecule has 0 amide bonds. The van der Waals surface area contributed by atoms with Gasteiger partial charge in [0.05, 0.1) is 11.7 Å². The Bertz CT molecular complexity index is 491. The topological polar surface area (TPSA) is 50.9 Å². The maximum Gasteiger partial charge on any atom is 0.0884 e. The summed E-state index contributed by atoms with van der Waals surface area (Å²) in [6, 6.07) is 12.2. The van der Waals surface area contributed by atoms with E-state index in [1.165, 1.54) is 5.56 Å². The van der Waals surface area contributed by atoms with E-state index in [4.69, 9.17) is 5.84 Å². The summed E-state index contributed by atoms with van der Waals surface area (Å²) in [5.74, 6) is 5.65.